The Balaban J connectivity index is 2.31. The molecule has 1 heterocycles. The minimum absolute atomic E-state index is 0.216. The minimum atomic E-state index is -1.41. The van der Waals surface area contributed by atoms with Crippen molar-refractivity contribution in [2.75, 3.05) is 23.9 Å². The van der Waals surface area contributed by atoms with Crippen LogP contribution in [0.2, 0.25) is 0 Å². The molecule has 1 rings (SSSR count). The van der Waals surface area contributed by atoms with E-state index in [-0.39, 0.29) is 17.6 Å². The molecule has 4 nitrogen and oxygen atoms in total. The first-order valence-corrected chi connectivity index (χ1v) is 7.11. The van der Waals surface area contributed by atoms with Gasteiger partial charge in [-0.3, -0.25) is 4.79 Å². The van der Waals surface area contributed by atoms with Crippen molar-refractivity contribution in [2.45, 2.75) is 17.7 Å². The first-order valence-electron chi connectivity index (χ1n) is 4.91. The zero-order valence-electron chi connectivity index (χ0n) is 8.65. The second-order valence-corrected chi connectivity index (χ2v) is 5.94. The smallest absolute Gasteiger partial charge is 0.328 e. The number of alkyl halides is 1. The second-order valence-electron chi connectivity index (χ2n) is 3.38. The molecule has 92 valence electrons. The maximum atomic E-state index is 12.2. The number of carbonyl (C=O) groups is 2. The van der Waals surface area contributed by atoms with Crippen LogP contribution in [-0.2, 0) is 9.59 Å². The predicted molar refractivity (Wildman–Crippen MR) is 63.7 cm³/mol. The molecule has 0 aliphatic carbocycles. The van der Waals surface area contributed by atoms with Crippen LogP contribution < -0.4 is 5.32 Å². The molecular formula is C9H14FNO3S2. The molecule has 2 atom stereocenters. The molecule has 2 N–H and O–H groups in total. The van der Waals surface area contributed by atoms with Gasteiger partial charge in [0.05, 0.1) is 0 Å². The number of carboxylic acid groups (broad SMARTS) is 1. The van der Waals surface area contributed by atoms with Gasteiger partial charge in [-0.15, -0.1) is 0 Å². The molecule has 2 unspecified atom stereocenters. The van der Waals surface area contributed by atoms with E-state index >= 15 is 0 Å². The molecule has 0 radical (unpaired) electrons. The number of hydrogen-bond donors (Lipinski definition) is 2. The lowest BCUT2D eigenvalue weighted by Crippen LogP contribution is -2.43. The highest BCUT2D eigenvalue weighted by molar-refractivity contribution is 8.06. The third-order valence-corrected chi connectivity index (χ3v) is 4.93. The Morgan fingerprint density at radius 3 is 2.75 bits per heavy atom. The topological polar surface area (TPSA) is 66.4 Å². The van der Waals surface area contributed by atoms with Gasteiger partial charge in [-0.05, 0) is 0 Å². The predicted octanol–water partition coefficient (Wildman–Crippen LogP) is 0.764. The summed E-state index contributed by atoms with van der Waals surface area (Å²) in [6, 6.07) is -1.41. The SMILES string of the molecule is O=C(CC1CSCCS1)NC(CF)C(=O)O. The number of carboxylic acids is 1. The van der Waals surface area contributed by atoms with E-state index in [9.17, 15) is 14.0 Å². The number of nitrogens with one attached hydrogen (secondary N) is 1. The van der Waals surface area contributed by atoms with Crippen LogP contribution in [0.1, 0.15) is 6.42 Å². The normalized spacial score (nSPS) is 22.4. The van der Waals surface area contributed by atoms with E-state index in [1.165, 1.54) is 0 Å². The highest BCUT2D eigenvalue weighted by Crippen LogP contribution is 2.26. The molecular weight excluding hydrogens is 253 g/mol. The number of thioether (sulfide) groups is 2. The number of carbonyl (C=O) groups excluding carboxylic acids is 1. The molecule has 0 aromatic heterocycles. The average Bonchev–Trinajstić information content (AvgIpc) is 2.27. The van der Waals surface area contributed by atoms with Crippen LogP contribution in [-0.4, -0.2) is 52.2 Å². The highest BCUT2D eigenvalue weighted by atomic mass is 32.2. The fourth-order valence-electron chi connectivity index (χ4n) is 1.28. The first-order chi connectivity index (χ1) is 7.63. The number of amides is 1. The van der Waals surface area contributed by atoms with E-state index in [1.54, 1.807) is 23.5 Å². The van der Waals surface area contributed by atoms with Crippen LogP contribution in [0.15, 0.2) is 0 Å². The lowest BCUT2D eigenvalue weighted by Gasteiger charge is -2.21. The summed E-state index contributed by atoms with van der Waals surface area (Å²) < 4.78 is 12.2. The third-order valence-electron chi connectivity index (χ3n) is 2.09. The summed E-state index contributed by atoms with van der Waals surface area (Å²) in [5.41, 5.74) is 0. The van der Waals surface area contributed by atoms with Crippen LogP contribution in [0.3, 0.4) is 0 Å². The largest absolute Gasteiger partial charge is 0.480 e. The molecule has 1 saturated heterocycles. The van der Waals surface area contributed by atoms with Crippen molar-refractivity contribution in [3.8, 4) is 0 Å². The molecule has 1 aliphatic rings. The monoisotopic (exact) mass is 267 g/mol. The maximum Gasteiger partial charge on any atom is 0.328 e. The van der Waals surface area contributed by atoms with Crippen LogP contribution in [0, 0.1) is 0 Å². The minimum Gasteiger partial charge on any atom is -0.480 e. The molecule has 1 aliphatic heterocycles. The summed E-state index contributed by atoms with van der Waals surface area (Å²) in [7, 11) is 0. The Bertz CT molecular complexity index is 259. The fourth-order valence-corrected chi connectivity index (χ4v) is 3.96. The van der Waals surface area contributed by atoms with Crippen molar-refractivity contribution < 1.29 is 19.1 Å². The summed E-state index contributed by atoms with van der Waals surface area (Å²) in [5.74, 6) is 1.27. The van der Waals surface area contributed by atoms with Gasteiger partial charge in [0.2, 0.25) is 5.91 Å². The molecule has 1 amide bonds. The summed E-state index contributed by atoms with van der Waals surface area (Å²) >= 11 is 3.50. The molecule has 0 aromatic carbocycles. The zero-order valence-corrected chi connectivity index (χ0v) is 10.3. The summed E-state index contributed by atoms with van der Waals surface area (Å²) in [6.45, 7) is -1.08. The van der Waals surface area contributed by atoms with E-state index in [2.05, 4.69) is 5.32 Å². The van der Waals surface area contributed by atoms with Gasteiger partial charge in [-0.1, -0.05) is 0 Å². The molecule has 0 bridgehead atoms. The molecule has 16 heavy (non-hydrogen) atoms. The van der Waals surface area contributed by atoms with Gasteiger partial charge in [0.15, 0.2) is 6.04 Å². The summed E-state index contributed by atoms with van der Waals surface area (Å²) in [5, 5.41) is 11.0. The van der Waals surface area contributed by atoms with Gasteiger partial charge in [0.1, 0.15) is 6.67 Å². The van der Waals surface area contributed by atoms with Crippen molar-refractivity contribution in [3.63, 3.8) is 0 Å². The lowest BCUT2D eigenvalue weighted by atomic mass is 10.2. The number of rotatable bonds is 5. The van der Waals surface area contributed by atoms with Gasteiger partial charge in [0, 0.05) is 28.9 Å². The molecule has 0 spiro atoms. The Morgan fingerprint density at radius 2 is 2.25 bits per heavy atom. The van der Waals surface area contributed by atoms with Crippen LogP contribution in [0.4, 0.5) is 4.39 Å². The summed E-state index contributed by atoms with van der Waals surface area (Å²) in [6.07, 6.45) is 0.265. The quantitative estimate of drug-likeness (QED) is 0.770. The number of aliphatic carboxylic acids is 1. The number of hydrogen-bond acceptors (Lipinski definition) is 4. The van der Waals surface area contributed by atoms with E-state index < -0.39 is 18.7 Å². The van der Waals surface area contributed by atoms with E-state index in [4.69, 9.17) is 5.11 Å². The van der Waals surface area contributed by atoms with Crippen molar-refractivity contribution >= 4 is 35.4 Å². The molecule has 0 aromatic rings. The molecule has 0 saturated carbocycles. The Kier molecular flexibility index (Phi) is 5.97. The van der Waals surface area contributed by atoms with E-state index in [1.807, 2.05) is 0 Å². The Hall–Kier alpha value is -0.430. The Morgan fingerprint density at radius 1 is 1.50 bits per heavy atom. The molecule has 1 fully saturated rings. The lowest BCUT2D eigenvalue weighted by molar-refractivity contribution is -0.142. The third kappa shape index (κ3) is 4.61. The van der Waals surface area contributed by atoms with Gasteiger partial charge in [0.25, 0.3) is 0 Å². The Labute approximate surface area is 102 Å². The fraction of sp³-hybridized carbons (Fsp3) is 0.778. The average molecular weight is 267 g/mol. The van der Waals surface area contributed by atoms with Crippen molar-refractivity contribution in [1.29, 1.82) is 0 Å². The summed E-state index contributed by atoms with van der Waals surface area (Å²) in [4.78, 5) is 21.9. The van der Waals surface area contributed by atoms with Gasteiger partial charge < -0.3 is 10.4 Å². The van der Waals surface area contributed by atoms with Crippen LogP contribution in [0.5, 0.6) is 0 Å². The standard InChI is InChI=1S/C9H14FNO3S2/c10-4-7(9(13)14)11-8(12)3-6-5-15-1-2-16-6/h6-7H,1-5H2,(H,11,12)(H,13,14). The van der Waals surface area contributed by atoms with Crippen LogP contribution in [0.25, 0.3) is 0 Å². The second kappa shape index (κ2) is 7.01. The van der Waals surface area contributed by atoms with Gasteiger partial charge in [-0.2, -0.15) is 23.5 Å². The maximum absolute atomic E-state index is 12.2. The first kappa shape index (κ1) is 13.6. The van der Waals surface area contributed by atoms with E-state index in [0.29, 0.717) is 0 Å². The van der Waals surface area contributed by atoms with E-state index in [0.717, 1.165) is 17.3 Å². The van der Waals surface area contributed by atoms with Gasteiger partial charge >= 0.3 is 5.97 Å². The van der Waals surface area contributed by atoms with Crippen LogP contribution >= 0.6 is 23.5 Å². The molecule has 7 heteroatoms. The zero-order chi connectivity index (χ0) is 12.0. The van der Waals surface area contributed by atoms with Crippen molar-refractivity contribution in [3.05, 3.63) is 0 Å². The number of halogens is 1. The van der Waals surface area contributed by atoms with Crippen molar-refractivity contribution in [1.82, 2.24) is 5.32 Å². The highest BCUT2D eigenvalue weighted by Gasteiger charge is 2.23. The van der Waals surface area contributed by atoms with Gasteiger partial charge in [-0.25, -0.2) is 9.18 Å². The van der Waals surface area contributed by atoms with Crippen molar-refractivity contribution in [2.24, 2.45) is 0 Å².